The highest BCUT2D eigenvalue weighted by Gasteiger charge is 2.19. The van der Waals surface area contributed by atoms with Gasteiger partial charge in [-0.1, -0.05) is 13.0 Å². The summed E-state index contributed by atoms with van der Waals surface area (Å²) in [7, 11) is 0. The lowest BCUT2D eigenvalue weighted by Gasteiger charge is -2.17. The van der Waals surface area contributed by atoms with Crippen LogP contribution in [0.5, 0.6) is 0 Å². The minimum atomic E-state index is 0.732. The van der Waals surface area contributed by atoms with Crippen LogP contribution in [0.4, 0.5) is 0 Å². The molecule has 0 bridgehead atoms. The molecule has 78 valence electrons. The fourth-order valence-corrected chi connectivity index (χ4v) is 2.63. The summed E-state index contributed by atoms with van der Waals surface area (Å²) >= 11 is 1.70. The first-order valence-corrected chi connectivity index (χ1v) is 6.18. The highest BCUT2D eigenvalue weighted by atomic mass is 32.1. The van der Waals surface area contributed by atoms with Gasteiger partial charge in [-0.2, -0.15) is 0 Å². The quantitative estimate of drug-likeness (QED) is 0.738. The van der Waals surface area contributed by atoms with Gasteiger partial charge in [0, 0.05) is 13.0 Å². The van der Waals surface area contributed by atoms with E-state index in [9.17, 15) is 0 Å². The molecule has 0 fully saturated rings. The molecular formula is C11H13N3S. The van der Waals surface area contributed by atoms with Crippen molar-refractivity contribution in [3.63, 3.8) is 0 Å². The van der Waals surface area contributed by atoms with Crippen LogP contribution >= 0.6 is 11.3 Å². The highest BCUT2D eigenvalue weighted by Crippen LogP contribution is 2.24. The Labute approximate surface area is 92.8 Å². The summed E-state index contributed by atoms with van der Waals surface area (Å²) in [5, 5.41) is 6.63. The molecule has 0 aromatic carbocycles. The van der Waals surface area contributed by atoms with Gasteiger partial charge in [0.1, 0.15) is 5.82 Å². The SMILES string of the molecule is CC1CCc2nc(-c3cccs3)nn2C1. The van der Waals surface area contributed by atoms with Crippen LogP contribution in [0.3, 0.4) is 0 Å². The van der Waals surface area contributed by atoms with Crippen molar-refractivity contribution in [2.24, 2.45) is 5.92 Å². The zero-order chi connectivity index (χ0) is 10.3. The fraction of sp³-hybridized carbons (Fsp3) is 0.455. The van der Waals surface area contributed by atoms with E-state index in [0.717, 1.165) is 30.5 Å². The van der Waals surface area contributed by atoms with E-state index in [0.29, 0.717) is 0 Å². The molecule has 3 heterocycles. The van der Waals surface area contributed by atoms with Gasteiger partial charge in [0.15, 0.2) is 5.82 Å². The summed E-state index contributed by atoms with van der Waals surface area (Å²) < 4.78 is 2.07. The molecule has 0 aliphatic carbocycles. The maximum absolute atomic E-state index is 4.59. The van der Waals surface area contributed by atoms with Gasteiger partial charge in [0.05, 0.1) is 4.88 Å². The molecule has 0 radical (unpaired) electrons. The number of fused-ring (bicyclic) bond motifs is 1. The Balaban J connectivity index is 2.00. The average molecular weight is 219 g/mol. The standard InChI is InChI=1S/C11H13N3S/c1-8-4-5-10-12-11(13-14(10)7-8)9-3-2-6-15-9/h2-3,6,8H,4-5,7H2,1H3. The van der Waals surface area contributed by atoms with E-state index in [4.69, 9.17) is 0 Å². The van der Waals surface area contributed by atoms with Crippen molar-refractivity contribution in [3.8, 4) is 10.7 Å². The molecule has 3 rings (SSSR count). The molecule has 15 heavy (non-hydrogen) atoms. The molecule has 4 heteroatoms. The molecular weight excluding hydrogens is 206 g/mol. The summed E-state index contributed by atoms with van der Waals surface area (Å²) in [6, 6.07) is 4.12. The van der Waals surface area contributed by atoms with Crippen LogP contribution in [-0.2, 0) is 13.0 Å². The maximum atomic E-state index is 4.59. The zero-order valence-electron chi connectivity index (χ0n) is 8.68. The number of aromatic nitrogens is 3. The molecule has 3 nitrogen and oxygen atoms in total. The van der Waals surface area contributed by atoms with E-state index >= 15 is 0 Å². The zero-order valence-corrected chi connectivity index (χ0v) is 9.50. The van der Waals surface area contributed by atoms with Gasteiger partial charge in [0.25, 0.3) is 0 Å². The largest absolute Gasteiger partial charge is 0.249 e. The van der Waals surface area contributed by atoms with Gasteiger partial charge in [-0.05, 0) is 23.8 Å². The molecule has 2 aromatic rings. The van der Waals surface area contributed by atoms with Crippen LogP contribution in [0.25, 0.3) is 10.7 Å². The fourth-order valence-electron chi connectivity index (χ4n) is 1.98. The van der Waals surface area contributed by atoms with Crippen molar-refractivity contribution in [1.29, 1.82) is 0 Å². The highest BCUT2D eigenvalue weighted by molar-refractivity contribution is 7.13. The van der Waals surface area contributed by atoms with E-state index < -0.39 is 0 Å². The normalized spacial score (nSPS) is 20.2. The Morgan fingerprint density at radius 1 is 1.53 bits per heavy atom. The van der Waals surface area contributed by atoms with E-state index in [1.54, 1.807) is 11.3 Å². The van der Waals surface area contributed by atoms with Crippen molar-refractivity contribution < 1.29 is 0 Å². The molecule has 0 N–H and O–H groups in total. The van der Waals surface area contributed by atoms with Gasteiger partial charge < -0.3 is 0 Å². The third-order valence-corrected chi connectivity index (χ3v) is 3.70. The lowest BCUT2D eigenvalue weighted by atomic mass is 10.0. The third kappa shape index (κ3) is 1.59. The van der Waals surface area contributed by atoms with Gasteiger partial charge in [0.2, 0.25) is 0 Å². The second kappa shape index (κ2) is 3.45. The molecule has 2 aromatic heterocycles. The number of hydrogen-bond acceptors (Lipinski definition) is 3. The van der Waals surface area contributed by atoms with Gasteiger partial charge in [-0.25, -0.2) is 9.67 Å². The average Bonchev–Trinajstić information content (AvgIpc) is 2.84. The molecule has 0 saturated heterocycles. The van der Waals surface area contributed by atoms with Crippen molar-refractivity contribution in [3.05, 3.63) is 23.3 Å². The summed E-state index contributed by atoms with van der Waals surface area (Å²) in [5.74, 6) is 2.78. The number of hydrogen-bond donors (Lipinski definition) is 0. The predicted octanol–water partition coefficient (Wildman–Crippen LogP) is 2.59. The van der Waals surface area contributed by atoms with Crippen LogP contribution in [0, 0.1) is 5.92 Å². The summed E-state index contributed by atoms with van der Waals surface area (Å²) in [6.45, 7) is 3.29. The van der Waals surface area contributed by atoms with Crippen molar-refractivity contribution in [1.82, 2.24) is 14.8 Å². The Bertz CT molecular complexity index is 458. The lowest BCUT2D eigenvalue weighted by Crippen LogP contribution is -2.18. The van der Waals surface area contributed by atoms with Crippen LogP contribution in [0.2, 0.25) is 0 Å². The Morgan fingerprint density at radius 2 is 2.47 bits per heavy atom. The Morgan fingerprint density at radius 3 is 3.27 bits per heavy atom. The Kier molecular flexibility index (Phi) is 2.09. The first kappa shape index (κ1) is 9.09. The maximum Gasteiger partial charge on any atom is 0.191 e. The number of thiophene rings is 1. The molecule has 1 aliphatic heterocycles. The third-order valence-electron chi connectivity index (χ3n) is 2.84. The molecule has 0 saturated carbocycles. The summed E-state index contributed by atoms with van der Waals surface area (Å²) in [6.07, 6.45) is 2.31. The van der Waals surface area contributed by atoms with Crippen LogP contribution in [-0.4, -0.2) is 14.8 Å². The number of rotatable bonds is 1. The first-order valence-electron chi connectivity index (χ1n) is 5.30. The molecule has 1 atom stereocenters. The van der Waals surface area contributed by atoms with Crippen molar-refractivity contribution in [2.75, 3.05) is 0 Å². The first-order chi connectivity index (χ1) is 7.33. The van der Waals surface area contributed by atoms with Gasteiger partial charge >= 0.3 is 0 Å². The van der Waals surface area contributed by atoms with Crippen molar-refractivity contribution in [2.45, 2.75) is 26.3 Å². The van der Waals surface area contributed by atoms with Gasteiger partial charge in [-0.3, -0.25) is 0 Å². The minimum Gasteiger partial charge on any atom is -0.249 e. The summed E-state index contributed by atoms with van der Waals surface area (Å²) in [5.41, 5.74) is 0. The van der Waals surface area contributed by atoms with E-state index in [1.807, 2.05) is 6.07 Å². The Hall–Kier alpha value is -1.16. The lowest BCUT2D eigenvalue weighted by molar-refractivity contribution is 0.368. The molecule has 0 amide bonds. The second-order valence-corrected chi connectivity index (χ2v) is 5.10. The van der Waals surface area contributed by atoms with E-state index in [2.05, 4.69) is 33.1 Å². The van der Waals surface area contributed by atoms with Crippen LogP contribution < -0.4 is 0 Å². The monoisotopic (exact) mass is 219 g/mol. The van der Waals surface area contributed by atoms with Crippen LogP contribution in [0.1, 0.15) is 19.2 Å². The van der Waals surface area contributed by atoms with Gasteiger partial charge in [-0.15, -0.1) is 16.4 Å². The number of aryl methyl sites for hydroxylation is 1. The predicted molar refractivity (Wildman–Crippen MR) is 60.8 cm³/mol. The van der Waals surface area contributed by atoms with Crippen LogP contribution in [0.15, 0.2) is 17.5 Å². The molecule has 0 spiro atoms. The summed E-state index contributed by atoms with van der Waals surface area (Å²) in [4.78, 5) is 5.76. The number of nitrogens with zero attached hydrogens (tertiary/aromatic N) is 3. The van der Waals surface area contributed by atoms with E-state index in [-0.39, 0.29) is 0 Å². The molecule has 1 unspecified atom stereocenters. The second-order valence-electron chi connectivity index (χ2n) is 4.15. The smallest absolute Gasteiger partial charge is 0.191 e. The van der Waals surface area contributed by atoms with E-state index in [1.165, 1.54) is 11.3 Å². The topological polar surface area (TPSA) is 30.7 Å². The minimum absolute atomic E-state index is 0.732. The molecule has 1 aliphatic rings. The van der Waals surface area contributed by atoms with Crippen molar-refractivity contribution >= 4 is 11.3 Å².